The molecular formula is C17H11BrF3NO. The Morgan fingerprint density at radius 3 is 2.35 bits per heavy atom. The smallest absolute Gasteiger partial charge is 0.418 e. The van der Waals surface area contributed by atoms with Gasteiger partial charge in [-0.2, -0.15) is 13.2 Å². The molecule has 0 aliphatic rings. The van der Waals surface area contributed by atoms with Crippen molar-refractivity contribution in [3.05, 3.63) is 58.6 Å². The van der Waals surface area contributed by atoms with Crippen LogP contribution >= 0.6 is 15.9 Å². The minimum absolute atomic E-state index is 0.00315. The zero-order valence-electron chi connectivity index (χ0n) is 12.0. The maximum absolute atomic E-state index is 13.6. The van der Waals surface area contributed by atoms with Gasteiger partial charge in [-0.15, -0.1) is 0 Å². The van der Waals surface area contributed by atoms with Gasteiger partial charge in [0.1, 0.15) is 5.75 Å². The highest BCUT2D eigenvalue weighted by Gasteiger charge is 2.37. The quantitative estimate of drug-likeness (QED) is 0.568. The number of pyridine rings is 1. The van der Waals surface area contributed by atoms with Gasteiger partial charge < -0.3 is 4.74 Å². The fourth-order valence-electron chi connectivity index (χ4n) is 2.41. The minimum atomic E-state index is -4.52. The van der Waals surface area contributed by atoms with Crippen LogP contribution in [0.15, 0.2) is 53.0 Å². The minimum Gasteiger partial charge on any atom is -0.497 e. The molecule has 0 bridgehead atoms. The number of ether oxygens (including phenoxy) is 1. The van der Waals surface area contributed by atoms with Crippen molar-refractivity contribution in [3.8, 4) is 17.0 Å². The van der Waals surface area contributed by atoms with Crippen LogP contribution in [0, 0.1) is 0 Å². The average Bonchev–Trinajstić information content (AvgIpc) is 2.53. The molecule has 1 heterocycles. The fraction of sp³-hybridized carbons (Fsp3) is 0.118. The third-order valence-corrected chi connectivity index (χ3v) is 4.24. The van der Waals surface area contributed by atoms with Crippen molar-refractivity contribution in [1.82, 2.24) is 4.98 Å². The van der Waals surface area contributed by atoms with E-state index in [1.807, 2.05) is 0 Å². The second-order valence-corrected chi connectivity index (χ2v) is 5.69. The van der Waals surface area contributed by atoms with Gasteiger partial charge in [-0.1, -0.05) is 30.3 Å². The molecule has 6 heteroatoms. The zero-order chi connectivity index (χ0) is 16.6. The number of hydrogen-bond donors (Lipinski definition) is 0. The molecule has 0 spiro atoms. The lowest BCUT2D eigenvalue weighted by Gasteiger charge is -2.16. The molecule has 3 rings (SSSR count). The number of nitrogens with zero attached hydrogens (tertiary/aromatic N) is 1. The van der Waals surface area contributed by atoms with Crippen molar-refractivity contribution in [3.63, 3.8) is 0 Å². The molecule has 0 saturated carbocycles. The Morgan fingerprint density at radius 2 is 1.74 bits per heavy atom. The Balaban J connectivity index is 2.40. The predicted octanol–water partition coefficient (Wildman–Crippen LogP) is 5.69. The van der Waals surface area contributed by atoms with E-state index in [0.29, 0.717) is 11.3 Å². The molecule has 0 aliphatic heterocycles. The van der Waals surface area contributed by atoms with E-state index in [1.54, 1.807) is 36.4 Å². The third kappa shape index (κ3) is 2.91. The number of rotatable bonds is 2. The normalized spacial score (nSPS) is 11.7. The molecule has 3 aromatic rings. The maximum Gasteiger partial charge on any atom is 0.418 e. The first kappa shape index (κ1) is 15.8. The second kappa shape index (κ2) is 5.85. The summed E-state index contributed by atoms with van der Waals surface area (Å²) in [6.07, 6.45) is -4.52. The fourth-order valence-corrected chi connectivity index (χ4v) is 3.17. The Kier molecular flexibility index (Phi) is 4.02. The average molecular weight is 382 g/mol. The highest BCUT2D eigenvalue weighted by Crippen LogP contribution is 2.43. The topological polar surface area (TPSA) is 22.1 Å². The van der Waals surface area contributed by atoms with Gasteiger partial charge in [-0.3, -0.25) is 0 Å². The van der Waals surface area contributed by atoms with Crippen molar-refractivity contribution >= 4 is 26.8 Å². The van der Waals surface area contributed by atoms with Crippen LogP contribution in [0.1, 0.15) is 5.56 Å². The van der Waals surface area contributed by atoms with Gasteiger partial charge in [0.15, 0.2) is 0 Å². The van der Waals surface area contributed by atoms with E-state index >= 15 is 0 Å². The van der Waals surface area contributed by atoms with Gasteiger partial charge in [0.05, 0.1) is 28.4 Å². The van der Waals surface area contributed by atoms with Crippen LogP contribution in [-0.2, 0) is 6.18 Å². The molecule has 0 atom stereocenters. The van der Waals surface area contributed by atoms with Gasteiger partial charge in [0.25, 0.3) is 0 Å². The first-order chi connectivity index (χ1) is 10.9. The van der Waals surface area contributed by atoms with E-state index in [0.717, 1.165) is 0 Å². The molecule has 2 aromatic carbocycles. The van der Waals surface area contributed by atoms with Crippen molar-refractivity contribution in [2.45, 2.75) is 6.18 Å². The molecule has 0 radical (unpaired) electrons. The standard InChI is InChI=1S/C17H11BrF3NO/c1-23-11-7-8-13-12(9-11)14(17(19,20)21)15(18)16(22-13)10-5-3-2-4-6-10/h2-9H,1H3. The van der Waals surface area contributed by atoms with Crippen LogP contribution < -0.4 is 4.74 Å². The highest BCUT2D eigenvalue weighted by atomic mass is 79.9. The molecule has 0 unspecified atom stereocenters. The largest absolute Gasteiger partial charge is 0.497 e. The number of aromatic nitrogens is 1. The number of alkyl halides is 3. The first-order valence-electron chi connectivity index (χ1n) is 6.71. The van der Waals surface area contributed by atoms with Gasteiger partial charge in [0, 0.05) is 10.9 Å². The Morgan fingerprint density at radius 1 is 1.04 bits per heavy atom. The molecule has 0 fully saturated rings. The highest BCUT2D eigenvalue weighted by molar-refractivity contribution is 9.10. The van der Waals surface area contributed by atoms with E-state index in [1.165, 1.54) is 19.2 Å². The van der Waals surface area contributed by atoms with Gasteiger partial charge in [0.2, 0.25) is 0 Å². The Labute approximate surface area is 139 Å². The SMILES string of the molecule is COc1ccc2nc(-c3ccccc3)c(Br)c(C(F)(F)F)c2c1. The van der Waals surface area contributed by atoms with Gasteiger partial charge in [-0.05, 0) is 34.1 Å². The van der Waals surface area contributed by atoms with E-state index in [2.05, 4.69) is 20.9 Å². The monoisotopic (exact) mass is 381 g/mol. The van der Waals surface area contributed by atoms with E-state index in [4.69, 9.17) is 4.74 Å². The summed E-state index contributed by atoms with van der Waals surface area (Å²) in [6, 6.07) is 13.2. The summed E-state index contributed by atoms with van der Waals surface area (Å²) in [5.41, 5.74) is 0.388. The lowest BCUT2D eigenvalue weighted by molar-refractivity contribution is -0.136. The molecule has 118 valence electrons. The van der Waals surface area contributed by atoms with Crippen LogP contribution in [0.5, 0.6) is 5.75 Å². The molecule has 0 aliphatic carbocycles. The molecule has 0 N–H and O–H groups in total. The first-order valence-corrected chi connectivity index (χ1v) is 7.51. The van der Waals surface area contributed by atoms with Crippen molar-refractivity contribution in [2.24, 2.45) is 0 Å². The predicted molar refractivity (Wildman–Crippen MR) is 86.4 cm³/mol. The summed E-state index contributed by atoms with van der Waals surface area (Å²) in [6.45, 7) is 0. The van der Waals surface area contributed by atoms with Crippen LogP contribution in [0.25, 0.3) is 22.2 Å². The zero-order valence-corrected chi connectivity index (χ0v) is 13.6. The maximum atomic E-state index is 13.6. The van der Waals surface area contributed by atoms with E-state index in [-0.39, 0.29) is 21.1 Å². The molecule has 1 aromatic heterocycles. The van der Waals surface area contributed by atoms with Gasteiger partial charge >= 0.3 is 6.18 Å². The Hall–Kier alpha value is -2.08. The third-order valence-electron chi connectivity index (χ3n) is 3.46. The lowest BCUT2D eigenvalue weighted by atomic mass is 10.0. The van der Waals surface area contributed by atoms with Crippen LogP contribution in [0.2, 0.25) is 0 Å². The van der Waals surface area contributed by atoms with E-state index in [9.17, 15) is 13.2 Å². The summed E-state index contributed by atoms with van der Waals surface area (Å²) < 4.78 is 45.8. The van der Waals surface area contributed by atoms with Crippen LogP contribution in [-0.4, -0.2) is 12.1 Å². The van der Waals surface area contributed by atoms with Gasteiger partial charge in [-0.25, -0.2) is 4.98 Å². The molecule has 0 amide bonds. The number of fused-ring (bicyclic) bond motifs is 1. The Bertz CT molecular complexity index is 863. The molecular weight excluding hydrogens is 371 g/mol. The van der Waals surface area contributed by atoms with Crippen molar-refractivity contribution < 1.29 is 17.9 Å². The van der Waals surface area contributed by atoms with Crippen molar-refractivity contribution in [2.75, 3.05) is 7.11 Å². The summed E-state index contributed by atoms with van der Waals surface area (Å²) in [5.74, 6) is 0.351. The molecule has 2 nitrogen and oxygen atoms in total. The summed E-state index contributed by atoms with van der Waals surface area (Å²) in [5, 5.41) is 0.00315. The van der Waals surface area contributed by atoms with Crippen LogP contribution in [0.4, 0.5) is 13.2 Å². The summed E-state index contributed by atoms with van der Waals surface area (Å²) >= 11 is 3.10. The van der Waals surface area contributed by atoms with Crippen molar-refractivity contribution in [1.29, 1.82) is 0 Å². The number of benzene rings is 2. The molecule has 0 saturated heterocycles. The molecule has 23 heavy (non-hydrogen) atoms. The number of hydrogen-bond acceptors (Lipinski definition) is 2. The lowest BCUT2D eigenvalue weighted by Crippen LogP contribution is -2.09. The summed E-state index contributed by atoms with van der Waals surface area (Å²) in [7, 11) is 1.41. The summed E-state index contributed by atoms with van der Waals surface area (Å²) in [4.78, 5) is 4.39. The van der Waals surface area contributed by atoms with E-state index < -0.39 is 11.7 Å². The number of halogens is 4. The number of methoxy groups -OCH3 is 1. The van der Waals surface area contributed by atoms with Crippen LogP contribution in [0.3, 0.4) is 0 Å². The second-order valence-electron chi connectivity index (χ2n) is 4.90.